The first kappa shape index (κ1) is 19.3. The molecule has 1 fully saturated rings. The van der Waals surface area contributed by atoms with E-state index in [2.05, 4.69) is 9.97 Å². The Morgan fingerprint density at radius 3 is 2.93 bits per heavy atom. The predicted octanol–water partition coefficient (Wildman–Crippen LogP) is 5.60. The van der Waals surface area contributed by atoms with Crippen LogP contribution in [0.3, 0.4) is 0 Å². The number of amides is 1. The van der Waals surface area contributed by atoms with Crippen LogP contribution in [-0.2, 0) is 5.75 Å². The van der Waals surface area contributed by atoms with E-state index in [-0.39, 0.29) is 5.91 Å². The number of thioether (sulfide) groups is 1. The van der Waals surface area contributed by atoms with Crippen molar-refractivity contribution in [3.05, 3.63) is 76.2 Å². The second-order valence-electron chi connectivity index (χ2n) is 7.35. The SMILES string of the molecule is O=C(c1ccccc1CSc1nc2ccccc2o1)N1CCCC(c2nccs2)C1. The normalized spacial score (nSPS) is 16.8. The summed E-state index contributed by atoms with van der Waals surface area (Å²) in [5, 5.41) is 3.77. The molecule has 4 aromatic rings. The number of para-hydroxylation sites is 2. The number of carbonyl (C=O) groups excluding carboxylic acids is 1. The molecule has 2 aromatic heterocycles. The van der Waals surface area contributed by atoms with Crippen LogP contribution in [0.5, 0.6) is 0 Å². The summed E-state index contributed by atoms with van der Waals surface area (Å²) in [4.78, 5) is 24.3. The Morgan fingerprint density at radius 1 is 1.20 bits per heavy atom. The maximum Gasteiger partial charge on any atom is 0.257 e. The van der Waals surface area contributed by atoms with Crippen LogP contribution in [0.1, 0.15) is 39.7 Å². The summed E-state index contributed by atoms with van der Waals surface area (Å²) in [7, 11) is 0. The zero-order chi connectivity index (χ0) is 20.3. The van der Waals surface area contributed by atoms with Crippen LogP contribution in [0.15, 0.2) is 69.7 Å². The molecule has 1 aliphatic heterocycles. The first-order valence-corrected chi connectivity index (χ1v) is 11.9. The Morgan fingerprint density at radius 2 is 2.07 bits per heavy atom. The Labute approximate surface area is 183 Å². The summed E-state index contributed by atoms with van der Waals surface area (Å²) in [6.07, 6.45) is 3.95. The molecule has 1 unspecified atom stereocenters. The van der Waals surface area contributed by atoms with E-state index in [0.717, 1.165) is 53.2 Å². The second-order valence-corrected chi connectivity index (χ2v) is 9.21. The standard InChI is InChI=1S/C23H21N3O2S2/c27-22(26-12-5-7-16(14-26)21-24-11-13-29-21)18-8-2-1-6-17(18)15-30-23-25-19-9-3-4-10-20(19)28-23/h1-4,6,8-11,13,16H,5,7,12,14-15H2. The lowest BCUT2D eigenvalue weighted by Gasteiger charge is -2.32. The van der Waals surface area contributed by atoms with Gasteiger partial charge in [-0.2, -0.15) is 0 Å². The molecule has 0 bridgehead atoms. The number of likely N-dealkylation sites (tertiary alicyclic amines) is 1. The van der Waals surface area contributed by atoms with Gasteiger partial charge >= 0.3 is 0 Å². The lowest BCUT2D eigenvalue weighted by atomic mass is 9.97. The maximum absolute atomic E-state index is 13.3. The lowest BCUT2D eigenvalue weighted by Crippen LogP contribution is -2.39. The van der Waals surface area contributed by atoms with Crippen LogP contribution in [-0.4, -0.2) is 33.9 Å². The lowest BCUT2D eigenvalue weighted by molar-refractivity contribution is 0.0706. The predicted molar refractivity (Wildman–Crippen MR) is 120 cm³/mol. The van der Waals surface area contributed by atoms with Gasteiger partial charge in [-0.1, -0.05) is 42.1 Å². The van der Waals surface area contributed by atoms with Crippen molar-refractivity contribution in [3.63, 3.8) is 0 Å². The fourth-order valence-electron chi connectivity index (χ4n) is 3.88. The van der Waals surface area contributed by atoms with Crippen molar-refractivity contribution >= 4 is 40.1 Å². The van der Waals surface area contributed by atoms with Crippen LogP contribution in [0.4, 0.5) is 0 Å². The van der Waals surface area contributed by atoms with Crippen molar-refractivity contribution < 1.29 is 9.21 Å². The molecule has 0 saturated carbocycles. The number of hydrogen-bond donors (Lipinski definition) is 0. The first-order chi connectivity index (χ1) is 14.8. The number of piperidine rings is 1. The topological polar surface area (TPSA) is 59.2 Å². The summed E-state index contributed by atoms with van der Waals surface area (Å²) in [6.45, 7) is 1.53. The van der Waals surface area contributed by atoms with Gasteiger partial charge in [-0.3, -0.25) is 4.79 Å². The first-order valence-electron chi connectivity index (χ1n) is 10.0. The van der Waals surface area contributed by atoms with Crippen molar-refractivity contribution in [2.75, 3.05) is 13.1 Å². The number of aromatic nitrogens is 2. The molecular weight excluding hydrogens is 414 g/mol. The molecule has 1 aliphatic rings. The van der Waals surface area contributed by atoms with Crippen LogP contribution in [0.25, 0.3) is 11.1 Å². The van der Waals surface area contributed by atoms with Gasteiger partial charge in [-0.05, 0) is 36.6 Å². The van der Waals surface area contributed by atoms with Crippen LogP contribution < -0.4 is 0 Å². The third kappa shape index (κ3) is 4.00. The molecule has 7 heteroatoms. The Kier molecular flexibility index (Phi) is 5.55. The molecule has 0 aliphatic carbocycles. The number of hydrogen-bond acceptors (Lipinski definition) is 6. The highest BCUT2D eigenvalue weighted by atomic mass is 32.2. The van der Waals surface area contributed by atoms with Crippen molar-refractivity contribution in [2.24, 2.45) is 0 Å². The van der Waals surface area contributed by atoms with Gasteiger partial charge in [-0.15, -0.1) is 11.3 Å². The summed E-state index contributed by atoms with van der Waals surface area (Å²) in [5.41, 5.74) is 3.41. The highest BCUT2D eigenvalue weighted by Crippen LogP contribution is 2.31. The molecule has 0 spiro atoms. The number of rotatable bonds is 5. The van der Waals surface area contributed by atoms with E-state index >= 15 is 0 Å². The van der Waals surface area contributed by atoms with E-state index in [1.807, 2.05) is 65.0 Å². The van der Waals surface area contributed by atoms with Gasteiger partial charge in [0.05, 0.1) is 5.01 Å². The van der Waals surface area contributed by atoms with Crippen LogP contribution in [0.2, 0.25) is 0 Å². The molecular formula is C23H21N3O2S2. The van der Waals surface area contributed by atoms with Crippen molar-refractivity contribution in [2.45, 2.75) is 29.7 Å². The van der Waals surface area contributed by atoms with Crippen molar-refractivity contribution in [1.82, 2.24) is 14.9 Å². The molecule has 2 aromatic carbocycles. The average molecular weight is 436 g/mol. The molecule has 5 nitrogen and oxygen atoms in total. The minimum Gasteiger partial charge on any atom is -0.431 e. The quantitative estimate of drug-likeness (QED) is 0.382. The van der Waals surface area contributed by atoms with Gasteiger partial charge in [0.2, 0.25) is 0 Å². The van der Waals surface area contributed by atoms with Gasteiger partial charge < -0.3 is 9.32 Å². The Bertz CT molecular complexity index is 1120. The zero-order valence-electron chi connectivity index (χ0n) is 16.4. The van der Waals surface area contributed by atoms with Crippen molar-refractivity contribution in [1.29, 1.82) is 0 Å². The van der Waals surface area contributed by atoms with Gasteiger partial charge in [0.15, 0.2) is 5.58 Å². The van der Waals surface area contributed by atoms with Gasteiger partial charge in [0.1, 0.15) is 5.52 Å². The molecule has 1 atom stereocenters. The van der Waals surface area contributed by atoms with Crippen LogP contribution >= 0.6 is 23.1 Å². The second kappa shape index (κ2) is 8.62. The fraction of sp³-hybridized carbons (Fsp3) is 0.261. The fourth-order valence-corrected chi connectivity index (χ4v) is 5.49. The van der Waals surface area contributed by atoms with Crippen molar-refractivity contribution in [3.8, 4) is 0 Å². The smallest absolute Gasteiger partial charge is 0.257 e. The molecule has 3 heterocycles. The van der Waals surface area contributed by atoms with E-state index in [0.29, 0.717) is 16.9 Å². The zero-order valence-corrected chi connectivity index (χ0v) is 18.0. The van der Waals surface area contributed by atoms with Crippen LogP contribution in [0, 0.1) is 0 Å². The Hall–Kier alpha value is -2.64. The van der Waals surface area contributed by atoms with E-state index in [1.54, 1.807) is 11.3 Å². The molecule has 30 heavy (non-hydrogen) atoms. The minimum absolute atomic E-state index is 0.102. The number of oxazole rings is 1. The Balaban J connectivity index is 1.31. The highest BCUT2D eigenvalue weighted by molar-refractivity contribution is 7.98. The number of fused-ring (bicyclic) bond motifs is 1. The largest absolute Gasteiger partial charge is 0.431 e. The minimum atomic E-state index is 0.102. The molecule has 1 saturated heterocycles. The highest BCUT2D eigenvalue weighted by Gasteiger charge is 2.27. The summed E-state index contributed by atoms with van der Waals surface area (Å²) < 4.78 is 5.81. The van der Waals surface area contributed by atoms with E-state index in [9.17, 15) is 4.79 Å². The molecule has 152 valence electrons. The van der Waals surface area contributed by atoms with Gasteiger partial charge in [0.25, 0.3) is 11.1 Å². The number of carbonyl (C=O) groups is 1. The number of nitrogens with zero attached hydrogens (tertiary/aromatic N) is 3. The maximum atomic E-state index is 13.3. The summed E-state index contributed by atoms with van der Waals surface area (Å²) >= 11 is 3.20. The third-order valence-corrected chi connectivity index (χ3v) is 7.20. The van der Waals surface area contributed by atoms with E-state index in [1.165, 1.54) is 11.8 Å². The molecule has 0 N–H and O–H groups in total. The summed E-state index contributed by atoms with van der Waals surface area (Å²) in [6, 6.07) is 15.6. The molecule has 1 amide bonds. The number of thiazole rings is 1. The van der Waals surface area contributed by atoms with E-state index in [4.69, 9.17) is 4.42 Å². The summed E-state index contributed by atoms with van der Waals surface area (Å²) in [5.74, 6) is 1.08. The molecule has 5 rings (SSSR count). The van der Waals surface area contributed by atoms with Gasteiger partial charge in [0, 0.05) is 41.9 Å². The third-order valence-electron chi connectivity index (χ3n) is 5.38. The van der Waals surface area contributed by atoms with Gasteiger partial charge in [-0.25, -0.2) is 9.97 Å². The molecule has 0 radical (unpaired) electrons. The number of benzene rings is 2. The average Bonchev–Trinajstić information content (AvgIpc) is 3.47. The monoisotopic (exact) mass is 435 g/mol. The van der Waals surface area contributed by atoms with E-state index < -0.39 is 0 Å².